The summed E-state index contributed by atoms with van der Waals surface area (Å²) in [4.78, 5) is 22.8. The molecule has 0 saturated heterocycles. The Hall–Kier alpha value is -2.36. The molecule has 4 nitrogen and oxygen atoms in total. The van der Waals surface area contributed by atoms with Crippen molar-refractivity contribution >= 4 is 11.9 Å². The fraction of sp³-hybridized carbons (Fsp3) is 0.400. The Kier molecular flexibility index (Phi) is 4.97. The zero-order valence-corrected chi connectivity index (χ0v) is 14.8. The molecule has 1 aromatic carbocycles. The zero-order chi connectivity index (χ0) is 18.1. The highest BCUT2D eigenvalue weighted by atomic mass is 16.5. The van der Waals surface area contributed by atoms with Crippen LogP contribution in [0, 0.1) is 11.3 Å². The summed E-state index contributed by atoms with van der Waals surface area (Å²) in [5.41, 5.74) is 2.64. The minimum Gasteiger partial charge on any atom is -0.426 e. The lowest BCUT2D eigenvalue weighted by molar-refractivity contribution is -0.133. The minimum absolute atomic E-state index is 0.171. The molecule has 128 valence electrons. The smallest absolute Gasteiger partial charge is 0.308 e. The lowest BCUT2D eigenvalue weighted by atomic mass is 9.63. The molecule has 1 aliphatic rings. The van der Waals surface area contributed by atoms with Gasteiger partial charge in [-0.15, -0.1) is 6.58 Å². The van der Waals surface area contributed by atoms with E-state index in [0.717, 1.165) is 16.7 Å². The molecule has 0 amide bonds. The van der Waals surface area contributed by atoms with E-state index in [1.165, 1.54) is 13.8 Å². The van der Waals surface area contributed by atoms with E-state index in [9.17, 15) is 9.59 Å². The van der Waals surface area contributed by atoms with Crippen LogP contribution >= 0.6 is 0 Å². The topological polar surface area (TPSA) is 52.6 Å². The molecular formula is C20H24O4. The van der Waals surface area contributed by atoms with Gasteiger partial charge in [0.05, 0.1) is 0 Å². The maximum absolute atomic E-state index is 11.4. The van der Waals surface area contributed by atoms with Gasteiger partial charge in [-0.3, -0.25) is 9.59 Å². The highest BCUT2D eigenvalue weighted by Gasteiger charge is 2.39. The van der Waals surface area contributed by atoms with E-state index < -0.39 is 0 Å². The first-order chi connectivity index (χ1) is 11.2. The maximum atomic E-state index is 11.4. The van der Waals surface area contributed by atoms with Crippen LogP contribution in [0.5, 0.6) is 11.5 Å². The average Bonchev–Trinajstić information content (AvgIpc) is 2.48. The summed E-state index contributed by atoms with van der Waals surface area (Å²) >= 11 is 0. The zero-order valence-electron chi connectivity index (χ0n) is 14.8. The molecule has 2 rings (SSSR count). The molecule has 0 fully saturated rings. The number of carbonyl (C=O) groups is 2. The molecule has 0 aliphatic heterocycles. The van der Waals surface area contributed by atoms with Gasteiger partial charge in [0.2, 0.25) is 0 Å². The minimum atomic E-state index is -0.375. The summed E-state index contributed by atoms with van der Waals surface area (Å²) in [5.74, 6) is 0.456. The van der Waals surface area contributed by atoms with Crippen LogP contribution in [0.4, 0.5) is 0 Å². The Bertz CT molecular complexity index is 717. The first kappa shape index (κ1) is 18.0. The number of esters is 2. The quantitative estimate of drug-likeness (QED) is 0.476. The molecule has 0 spiro atoms. The molecule has 1 aromatic rings. The third-order valence-electron chi connectivity index (χ3n) is 4.68. The van der Waals surface area contributed by atoms with Crippen LogP contribution in [0.25, 0.3) is 0 Å². The molecule has 0 radical (unpaired) electrons. The van der Waals surface area contributed by atoms with Crippen LogP contribution in [0.15, 0.2) is 36.9 Å². The predicted molar refractivity (Wildman–Crippen MR) is 93.1 cm³/mol. The van der Waals surface area contributed by atoms with Crippen LogP contribution in [0.3, 0.4) is 0 Å². The van der Waals surface area contributed by atoms with E-state index in [2.05, 4.69) is 20.1 Å². The van der Waals surface area contributed by atoms with E-state index >= 15 is 0 Å². The van der Waals surface area contributed by atoms with E-state index in [1.807, 2.05) is 13.0 Å². The summed E-state index contributed by atoms with van der Waals surface area (Å²) in [6, 6.07) is 3.37. The average molecular weight is 328 g/mol. The predicted octanol–water partition coefficient (Wildman–Crippen LogP) is 4.02. The first-order valence-electron chi connectivity index (χ1n) is 7.98. The van der Waals surface area contributed by atoms with Gasteiger partial charge < -0.3 is 9.47 Å². The molecule has 0 aromatic heterocycles. The molecule has 0 N–H and O–H groups in total. The Labute approximate surface area is 143 Å². The fourth-order valence-corrected chi connectivity index (χ4v) is 3.46. The van der Waals surface area contributed by atoms with E-state index in [-0.39, 0.29) is 23.3 Å². The van der Waals surface area contributed by atoms with Gasteiger partial charge in [0.15, 0.2) is 0 Å². The van der Waals surface area contributed by atoms with E-state index in [4.69, 9.17) is 9.47 Å². The largest absolute Gasteiger partial charge is 0.426 e. The normalized spacial score (nSPS) is 22.2. The van der Waals surface area contributed by atoms with Gasteiger partial charge in [-0.25, -0.2) is 0 Å². The van der Waals surface area contributed by atoms with Gasteiger partial charge in [-0.2, -0.15) is 0 Å². The van der Waals surface area contributed by atoms with Crippen LogP contribution in [-0.4, -0.2) is 11.9 Å². The molecule has 0 unspecified atom stereocenters. The summed E-state index contributed by atoms with van der Waals surface area (Å²) in [7, 11) is 0. The lowest BCUT2D eigenvalue weighted by Crippen LogP contribution is -2.35. The van der Waals surface area contributed by atoms with E-state index in [0.29, 0.717) is 24.3 Å². The van der Waals surface area contributed by atoms with Crippen LogP contribution in [-0.2, 0) is 22.4 Å². The Morgan fingerprint density at radius 2 is 1.62 bits per heavy atom. The van der Waals surface area contributed by atoms with Gasteiger partial charge in [0.1, 0.15) is 11.5 Å². The van der Waals surface area contributed by atoms with Crippen molar-refractivity contribution in [3.63, 3.8) is 0 Å². The van der Waals surface area contributed by atoms with Crippen molar-refractivity contribution in [1.29, 1.82) is 0 Å². The number of hydrogen-bond donors (Lipinski definition) is 0. The standard InChI is InChI=1S/C20H24O4/c1-7-20(6)11-16-15(10-17(20)12(2)3)18(23-13(4)21)8-9-19(16)24-14(5)22/h7-9,17H,1-2,10-11H2,3-6H3/t17-,20-/m1/s1. The van der Waals surface area contributed by atoms with Gasteiger partial charge in [-0.1, -0.05) is 25.2 Å². The Morgan fingerprint density at radius 3 is 2.04 bits per heavy atom. The highest BCUT2D eigenvalue weighted by Crippen LogP contribution is 2.48. The number of hydrogen-bond acceptors (Lipinski definition) is 4. The van der Waals surface area contributed by atoms with Crippen LogP contribution < -0.4 is 9.47 Å². The second-order valence-corrected chi connectivity index (χ2v) is 6.70. The number of ether oxygens (including phenoxy) is 2. The monoisotopic (exact) mass is 328 g/mol. The Morgan fingerprint density at radius 1 is 1.12 bits per heavy atom. The molecule has 0 saturated carbocycles. The summed E-state index contributed by atoms with van der Waals surface area (Å²) in [5, 5.41) is 0. The van der Waals surface area contributed by atoms with Crippen molar-refractivity contribution in [2.75, 3.05) is 0 Å². The molecule has 2 atom stereocenters. The van der Waals surface area contributed by atoms with E-state index in [1.54, 1.807) is 12.1 Å². The van der Waals surface area contributed by atoms with Crippen molar-refractivity contribution in [1.82, 2.24) is 0 Å². The van der Waals surface area contributed by atoms with Crippen molar-refractivity contribution in [3.8, 4) is 11.5 Å². The Balaban J connectivity index is 2.62. The van der Waals surface area contributed by atoms with Crippen LogP contribution in [0.1, 0.15) is 38.8 Å². The van der Waals surface area contributed by atoms with Gasteiger partial charge in [-0.05, 0) is 43.2 Å². The van der Waals surface area contributed by atoms with Crippen LogP contribution in [0.2, 0.25) is 0 Å². The maximum Gasteiger partial charge on any atom is 0.308 e. The number of allylic oxidation sites excluding steroid dienone is 2. The second-order valence-electron chi connectivity index (χ2n) is 6.70. The number of rotatable bonds is 4. The third kappa shape index (κ3) is 3.42. The number of fused-ring (bicyclic) bond motifs is 1. The number of benzene rings is 1. The second kappa shape index (κ2) is 6.63. The van der Waals surface area contributed by atoms with Crippen molar-refractivity contribution < 1.29 is 19.1 Å². The summed E-state index contributed by atoms with van der Waals surface area (Å²) in [6.07, 6.45) is 3.23. The first-order valence-corrected chi connectivity index (χ1v) is 7.98. The number of carbonyl (C=O) groups excluding carboxylic acids is 2. The van der Waals surface area contributed by atoms with Crippen molar-refractivity contribution in [2.24, 2.45) is 11.3 Å². The lowest BCUT2D eigenvalue weighted by Gasteiger charge is -2.41. The molecule has 0 heterocycles. The van der Waals surface area contributed by atoms with Gasteiger partial charge >= 0.3 is 11.9 Å². The molecule has 0 bridgehead atoms. The summed E-state index contributed by atoms with van der Waals surface area (Å²) < 4.78 is 10.7. The molecule has 1 aliphatic carbocycles. The molecule has 4 heteroatoms. The van der Waals surface area contributed by atoms with Crippen molar-refractivity contribution in [2.45, 2.75) is 40.5 Å². The molecular weight excluding hydrogens is 304 g/mol. The van der Waals surface area contributed by atoms with Gasteiger partial charge in [0.25, 0.3) is 0 Å². The fourth-order valence-electron chi connectivity index (χ4n) is 3.46. The SMILES string of the molecule is C=C[C@]1(C)Cc2c(OC(C)=O)ccc(OC(C)=O)c2C[C@@H]1C(=C)C. The van der Waals surface area contributed by atoms with Gasteiger partial charge in [0, 0.05) is 25.0 Å². The van der Waals surface area contributed by atoms with Crippen molar-refractivity contribution in [3.05, 3.63) is 48.1 Å². The summed E-state index contributed by atoms with van der Waals surface area (Å²) in [6.45, 7) is 15.0. The highest BCUT2D eigenvalue weighted by molar-refractivity contribution is 5.72. The molecule has 24 heavy (non-hydrogen) atoms. The third-order valence-corrected chi connectivity index (χ3v) is 4.68.